The molecule has 1 aromatic carbocycles. The van der Waals surface area contributed by atoms with Gasteiger partial charge in [-0.3, -0.25) is 4.79 Å². The zero-order valence-corrected chi connectivity index (χ0v) is 16.3. The molecule has 0 bridgehead atoms. The third-order valence-electron chi connectivity index (χ3n) is 6.33. The van der Waals surface area contributed by atoms with Crippen LogP contribution >= 0.6 is 0 Å². The maximum Gasteiger partial charge on any atom is 0.306 e. The van der Waals surface area contributed by atoms with Gasteiger partial charge in [-0.05, 0) is 49.1 Å². The molecule has 1 aliphatic rings. The van der Waals surface area contributed by atoms with Crippen LogP contribution in [0, 0.1) is 10.8 Å². The molecule has 3 nitrogen and oxygen atoms in total. The largest absolute Gasteiger partial charge is 0.461 e. The van der Waals surface area contributed by atoms with Crippen LogP contribution in [-0.4, -0.2) is 19.6 Å². The molecule has 2 rings (SSSR count). The first kappa shape index (κ1) is 20.0. The highest BCUT2D eigenvalue weighted by Gasteiger charge is 2.51. The van der Waals surface area contributed by atoms with E-state index in [0.29, 0.717) is 13.0 Å². The summed E-state index contributed by atoms with van der Waals surface area (Å²) in [6.07, 6.45) is 8.84. The Morgan fingerprint density at radius 2 is 1.80 bits per heavy atom. The van der Waals surface area contributed by atoms with E-state index >= 15 is 0 Å². The van der Waals surface area contributed by atoms with E-state index in [0.717, 1.165) is 24.9 Å². The van der Waals surface area contributed by atoms with Gasteiger partial charge in [0.25, 0.3) is 0 Å². The number of rotatable bonds is 9. The van der Waals surface area contributed by atoms with Gasteiger partial charge in [0, 0.05) is 6.54 Å². The normalized spacial score (nSPS) is 26.4. The summed E-state index contributed by atoms with van der Waals surface area (Å²) in [5.74, 6) is -0.0378. The monoisotopic (exact) mass is 345 g/mol. The summed E-state index contributed by atoms with van der Waals surface area (Å²) in [6, 6.07) is 9.96. The van der Waals surface area contributed by atoms with E-state index in [1.807, 2.05) is 37.4 Å². The van der Waals surface area contributed by atoms with Crippen molar-refractivity contribution in [1.82, 2.24) is 5.32 Å². The Bertz CT molecular complexity index is 517. The first-order chi connectivity index (χ1) is 12.1. The number of carbonyl (C=O) groups is 1. The summed E-state index contributed by atoms with van der Waals surface area (Å²) in [6.45, 7) is 5.91. The van der Waals surface area contributed by atoms with Crippen molar-refractivity contribution in [3.63, 3.8) is 0 Å². The lowest BCUT2D eigenvalue weighted by atomic mass is 9.51. The van der Waals surface area contributed by atoms with Crippen molar-refractivity contribution in [1.29, 1.82) is 0 Å². The zero-order valence-electron chi connectivity index (χ0n) is 16.3. The summed E-state index contributed by atoms with van der Waals surface area (Å²) in [5.41, 5.74) is 1.34. The third-order valence-corrected chi connectivity index (χ3v) is 6.33. The van der Waals surface area contributed by atoms with Crippen LogP contribution < -0.4 is 5.32 Å². The van der Waals surface area contributed by atoms with Crippen LogP contribution in [0.2, 0.25) is 0 Å². The molecule has 1 N–H and O–H groups in total. The highest BCUT2D eigenvalue weighted by molar-refractivity contribution is 5.70. The van der Waals surface area contributed by atoms with Gasteiger partial charge in [0.1, 0.15) is 6.61 Å². The SMILES string of the molecule is CCCC1(CNC)CCCC[C@@]1(CC)CC(=O)OCc1ccccc1. The molecule has 0 aromatic heterocycles. The van der Waals surface area contributed by atoms with Crippen LogP contribution in [0.1, 0.15) is 70.8 Å². The van der Waals surface area contributed by atoms with Gasteiger partial charge in [-0.15, -0.1) is 0 Å². The second kappa shape index (κ2) is 9.38. The molecule has 3 heteroatoms. The summed E-state index contributed by atoms with van der Waals surface area (Å²) >= 11 is 0. The fourth-order valence-corrected chi connectivity index (χ4v) is 5.05. The molecular formula is C22H35NO2. The number of ether oxygens (including phenoxy) is 1. The molecule has 25 heavy (non-hydrogen) atoms. The van der Waals surface area contributed by atoms with Crippen molar-refractivity contribution in [3.8, 4) is 0 Å². The van der Waals surface area contributed by atoms with Gasteiger partial charge in [-0.25, -0.2) is 0 Å². The standard InChI is InChI=1S/C22H35NO2/c1-4-13-22(18-23-3)15-10-9-14-21(22,5-2)16-20(24)25-17-19-11-7-6-8-12-19/h6-8,11-12,23H,4-5,9-10,13-18H2,1-3H3/t21-,22?/m0/s1. The fourth-order valence-electron chi connectivity index (χ4n) is 5.05. The Labute approximate surface area is 153 Å². The molecule has 1 aliphatic carbocycles. The maximum absolute atomic E-state index is 12.7. The highest BCUT2D eigenvalue weighted by atomic mass is 16.5. The molecule has 0 aliphatic heterocycles. The molecular weight excluding hydrogens is 310 g/mol. The molecule has 0 heterocycles. The number of hydrogen-bond acceptors (Lipinski definition) is 3. The molecule has 1 unspecified atom stereocenters. The lowest BCUT2D eigenvalue weighted by Gasteiger charge is -2.54. The van der Waals surface area contributed by atoms with Gasteiger partial charge >= 0.3 is 5.97 Å². The molecule has 0 amide bonds. The van der Waals surface area contributed by atoms with Crippen molar-refractivity contribution in [3.05, 3.63) is 35.9 Å². The fraction of sp³-hybridized carbons (Fsp3) is 0.682. The lowest BCUT2D eigenvalue weighted by molar-refractivity contribution is -0.153. The van der Waals surface area contributed by atoms with Crippen LogP contribution in [0.3, 0.4) is 0 Å². The molecule has 0 spiro atoms. The van der Waals surface area contributed by atoms with E-state index < -0.39 is 0 Å². The van der Waals surface area contributed by atoms with Gasteiger partial charge in [-0.2, -0.15) is 0 Å². The van der Waals surface area contributed by atoms with Gasteiger partial charge in [0.15, 0.2) is 0 Å². The second-order valence-corrected chi connectivity index (χ2v) is 7.72. The molecule has 0 saturated heterocycles. The second-order valence-electron chi connectivity index (χ2n) is 7.72. The van der Waals surface area contributed by atoms with Gasteiger partial charge in [0.05, 0.1) is 6.42 Å². The number of benzene rings is 1. The van der Waals surface area contributed by atoms with E-state index in [2.05, 4.69) is 19.2 Å². The maximum atomic E-state index is 12.7. The molecule has 0 radical (unpaired) electrons. The van der Waals surface area contributed by atoms with Gasteiger partial charge in [0.2, 0.25) is 0 Å². The van der Waals surface area contributed by atoms with E-state index in [-0.39, 0.29) is 16.8 Å². The van der Waals surface area contributed by atoms with Crippen molar-refractivity contribution in [2.75, 3.05) is 13.6 Å². The lowest BCUT2D eigenvalue weighted by Crippen LogP contribution is -2.51. The van der Waals surface area contributed by atoms with Crippen molar-refractivity contribution < 1.29 is 9.53 Å². The third kappa shape index (κ3) is 4.63. The van der Waals surface area contributed by atoms with E-state index in [4.69, 9.17) is 4.74 Å². The topological polar surface area (TPSA) is 38.3 Å². The molecule has 1 fully saturated rings. The molecule has 1 saturated carbocycles. The Balaban J connectivity index is 2.11. The summed E-state index contributed by atoms with van der Waals surface area (Å²) in [7, 11) is 2.04. The van der Waals surface area contributed by atoms with E-state index in [1.165, 1.54) is 32.1 Å². The summed E-state index contributed by atoms with van der Waals surface area (Å²) < 4.78 is 5.65. The van der Waals surface area contributed by atoms with Gasteiger partial charge in [-0.1, -0.05) is 63.4 Å². The Morgan fingerprint density at radius 3 is 2.40 bits per heavy atom. The molecule has 1 aromatic rings. The Morgan fingerprint density at radius 1 is 1.12 bits per heavy atom. The molecule has 140 valence electrons. The van der Waals surface area contributed by atoms with Crippen LogP contribution in [0.25, 0.3) is 0 Å². The number of carbonyl (C=O) groups excluding carboxylic acids is 1. The summed E-state index contributed by atoms with van der Waals surface area (Å²) in [4.78, 5) is 12.7. The minimum absolute atomic E-state index is 0.0378. The van der Waals surface area contributed by atoms with E-state index in [1.54, 1.807) is 0 Å². The Hall–Kier alpha value is -1.35. The Kier molecular flexibility index (Phi) is 7.49. The zero-order chi connectivity index (χ0) is 18.2. The first-order valence-electron chi connectivity index (χ1n) is 9.95. The van der Waals surface area contributed by atoms with Crippen molar-refractivity contribution >= 4 is 5.97 Å². The highest BCUT2D eigenvalue weighted by Crippen LogP contribution is 2.57. The number of nitrogens with one attached hydrogen (secondary N) is 1. The quantitative estimate of drug-likeness (QED) is 0.633. The minimum atomic E-state index is -0.0378. The number of hydrogen-bond donors (Lipinski definition) is 1. The smallest absolute Gasteiger partial charge is 0.306 e. The molecule has 2 atom stereocenters. The first-order valence-corrected chi connectivity index (χ1v) is 9.95. The van der Waals surface area contributed by atoms with Gasteiger partial charge < -0.3 is 10.1 Å². The minimum Gasteiger partial charge on any atom is -0.461 e. The van der Waals surface area contributed by atoms with Crippen molar-refractivity contribution in [2.24, 2.45) is 10.8 Å². The summed E-state index contributed by atoms with van der Waals surface area (Å²) in [5, 5.41) is 3.43. The predicted octanol–water partition coefficient (Wildman–Crippen LogP) is 5.10. The van der Waals surface area contributed by atoms with E-state index in [9.17, 15) is 4.79 Å². The predicted molar refractivity (Wildman–Crippen MR) is 103 cm³/mol. The van der Waals surface area contributed by atoms with Crippen molar-refractivity contribution in [2.45, 2.75) is 71.8 Å². The van der Waals surface area contributed by atoms with Crippen LogP contribution in [0.15, 0.2) is 30.3 Å². The average Bonchev–Trinajstić information content (AvgIpc) is 2.63. The van der Waals surface area contributed by atoms with Crippen LogP contribution in [-0.2, 0) is 16.1 Å². The van der Waals surface area contributed by atoms with Crippen LogP contribution in [0.4, 0.5) is 0 Å². The average molecular weight is 346 g/mol. The van der Waals surface area contributed by atoms with Crippen LogP contribution in [0.5, 0.6) is 0 Å². The number of esters is 1.